The third kappa shape index (κ3) is 8.97. The third-order valence-electron chi connectivity index (χ3n) is 5.52. The first-order valence-corrected chi connectivity index (χ1v) is 11.6. The van der Waals surface area contributed by atoms with Gasteiger partial charge in [-0.05, 0) is 36.0 Å². The molecule has 0 saturated heterocycles. The highest BCUT2D eigenvalue weighted by atomic mass is 16.5. The molecule has 0 saturated carbocycles. The Hall–Kier alpha value is -4.13. The van der Waals surface area contributed by atoms with Crippen LogP contribution in [0, 0.1) is 0 Å². The van der Waals surface area contributed by atoms with Crippen LogP contribution in [0.5, 0.6) is 0 Å². The first kappa shape index (κ1) is 25.5. The molecule has 0 aliphatic carbocycles. The Labute approximate surface area is 205 Å². The van der Waals surface area contributed by atoms with Crippen molar-refractivity contribution in [2.75, 3.05) is 0 Å². The van der Waals surface area contributed by atoms with Gasteiger partial charge in [0.15, 0.2) is 0 Å². The number of benzene rings is 3. The molecule has 3 rings (SSSR count). The van der Waals surface area contributed by atoms with Crippen LogP contribution < -0.4 is 10.6 Å². The molecule has 0 aromatic heterocycles. The summed E-state index contributed by atoms with van der Waals surface area (Å²) >= 11 is 0. The van der Waals surface area contributed by atoms with Crippen molar-refractivity contribution < 1.29 is 24.2 Å². The summed E-state index contributed by atoms with van der Waals surface area (Å²) in [5.74, 6) is -1.69. The molecule has 35 heavy (non-hydrogen) atoms. The quantitative estimate of drug-likeness (QED) is 0.366. The molecule has 3 aromatic rings. The van der Waals surface area contributed by atoms with Crippen LogP contribution in [0.2, 0.25) is 0 Å². The van der Waals surface area contributed by atoms with Gasteiger partial charge in [-0.1, -0.05) is 91.0 Å². The maximum atomic E-state index is 13.1. The van der Waals surface area contributed by atoms with E-state index in [-0.39, 0.29) is 19.4 Å². The zero-order chi connectivity index (χ0) is 24.9. The van der Waals surface area contributed by atoms with Gasteiger partial charge < -0.3 is 20.5 Å². The number of carbonyl (C=O) groups excluding carboxylic acids is 2. The second kappa shape index (κ2) is 13.5. The van der Waals surface area contributed by atoms with E-state index in [0.717, 1.165) is 16.7 Å². The van der Waals surface area contributed by atoms with Crippen molar-refractivity contribution in [1.29, 1.82) is 0 Å². The van der Waals surface area contributed by atoms with E-state index in [2.05, 4.69) is 10.6 Å². The minimum Gasteiger partial charge on any atom is -0.480 e. The number of alkyl carbamates (subject to hydrolysis) is 1. The SMILES string of the molecule is O=C(N[C@H](Cc1ccccc1)C(=O)N[C@@H](CCCc1ccccc1)C(=O)O)OCc1ccccc1. The molecule has 182 valence electrons. The topological polar surface area (TPSA) is 105 Å². The summed E-state index contributed by atoms with van der Waals surface area (Å²) in [5, 5.41) is 14.8. The van der Waals surface area contributed by atoms with E-state index in [4.69, 9.17) is 4.74 Å². The molecule has 3 N–H and O–H groups in total. The van der Waals surface area contributed by atoms with Gasteiger partial charge in [0.05, 0.1) is 0 Å². The molecule has 2 atom stereocenters. The van der Waals surface area contributed by atoms with Crippen LogP contribution in [-0.4, -0.2) is 35.2 Å². The molecule has 0 aliphatic rings. The smallest absolute Gasteiger partial charge is 0.408 e. The number of amides is 2. The first-order valence-electron chi connectivity index (χ1n) is 11.6. The lowest BCUT2D eigenvalue weighted by Gasteiger charge is -2.21. The lowest BCUT2D eigenvalue weighted by Crippen LogP contribution is -2.52. The van der Waals surface area contributed by atoms with E-state index in [1.807, 2.05) is 91.0 Å². The molecule has 3 aromatic carbocycles. The highest BCUT2D eigenvalue weighted by Gasteiger charge is 2.27. The van der Waals surface area contributed by atoms with Gasteiger partial charge >= 0.3 is 12.1 Å². The van der Waals surface area contributed by atoms with Crippen LogP contribution in [0.25, 0.3) is 0 Å². The summed E-state index contributed by atoms with van der Waals surface area (Å²) in [6.45, 7) is 0.0591. The summed E-state index contributed by atoms with van der Waals surface area (Å²) in [5.41, 5.74) is 2.75. The van der Waals surface area contributed by atoms with Crippen LogP contribution in [0.3, 0.4) is 0 Å². The van der Waals surface area contributed by atoms with Gasteiger partial charge in [-0.3, -0.25) is 4.79 Å². The largest absolute Gasteiger partial charge is 0.480 e. The number of nitrogens with one attached hydrogen (secondary N) is 2. The van der Waals surface area contributed by atoms with Crippen molar-refractivity contribution in [1.82, 2.24) is 10.6 Å². The maximum Gasteiger partial charge on any atom is 0.408 e. The zero-order valence-electron chi connectivity index (χ0n) is 19.4. The van der Waals surface area contributed by atoms with E-state index < -0.39 is 30.1 Å². The molecular formula is C28H30N2O5. The molecule has 0 spiro atoms. The second-order valence-electron chi connectivity index (χ2n) is 8.23. The van der Waals surface area contributed by atoms with Crippen molar-refractivity contribution in [3.8, 4) is 0 Å². The Kier molecular flexibility index (Phi) is 9.87. The van der Waals surface area contributed by atoms with E-state index >= 15 is 0 Å². The molecule has 0 aliphatic heterocycles. The fourth-order valence-corrected chi connectivity index (χ4v) is 3.65. The normalized spacial score (nSPS) is 12.2. The third-order valence-corrected chi connectivity index (χ3v) is 5.52. The maximum absolute atomic E-state index is 13.1. The average molecular weight is 475 g/mol. The van der Waals surface area contributed by atoms with Crippen molar-refractivity contribution in [3.63, 3.8) is 0 Å². The predicted octanol–water partition coefficient (Wildman–Crippen LogP) is 4.12. The first-order chi connectivity index (χ1) is 17.0. The van der Waals surface area contributed by atoms with Gasteiger partial charge in [0.25, 0.3) is 0 Å². The predicted molar refractivity (Wildman–Crippen MR) is 133 cm³/mol. The Balaban J connectivity index is 1.61. The number of hydrogen-bond acceptors (Lipinski definition) is 4. The number of ether oxygens (including phenoxy) is 1. The van der Waals surface area contributed by atoms with Gasteiger partial charge in [-0.2, -0.15) is 0 Å². The monoisotopic (exact) mass is 474 g/mol. The van der Waals surface area contributed by atoms with Crippen molar-refractivity contribution in [3.05, 3.63) is 108 Å². The fourth-order valence-electron chi connectivity index (χ4n) is 3.65. The lowest BCUT2D eigenvalue weighted by atomic mass is 10.0. The number of carboxylic acids is 1. The average Bonchev–Trinajstić information content (AvgIpc) is 2.88. The highest BCUT2D eigenvalue weighted by Crippen LogP contribution is 2.09. The summed E-state index contributed by atoms with van der Waals surface area (Å²) in [4.78, 5) is 37.3. The summed E-state index contributed by atoms with van der Waals surface area (Å²) in [6.07, 6.45) is 1.02. The fraction of sp³-hybridized carbons (Fsp3) is 0.250. The van der Waals surface area contributed by atoms with E-state index in [1.54, 1.807) is 0 Å². The molecule has 0 unspecified atom stereocenters. The molecule has 2 amide bonds. The van der Waals surface area contributed by atoms with Crippen molar-refractivity contribution in [2.24, 2.45) is 0 Å². The summed E-state index contributed by atoms with van der Waals surface area (Å²) in [6, 6.07) is 26.1. The minimum atomic E-state index is -1.11. The van der Waals surface area contributed by atoms with E-state index in [1.165, 1.54) is 0 Å². The molecule has 0 bridgehead atoms. The molecule has 0 radical (unpaired) electrons. The Morgan fingerprint density at radius 3 is 1.83 bits per heavy atom. The highest BCUT2D eigenvalue weighted by molar-refractivity contribution is 5.89. The molecular weight excluding hydrogens is 444 g/mol. The van der Waals surface area contributed by atoms with Gasteiger partial charge in [-0.25, -0.2) is 9.59 Å². The second-order valence-corrected chi connectivity index (χ2v) is 8.23. The standard InChI is InChI=1S/C28H30N2O5/c31-26(29-24(27(32)33)18-10-17-21-11-4-1-5-12-21)25(19-22-13-6-2-7-14-22)30-28(34)35-20-23-15-8-3-9-16-23/h1-9,11-16,24-25H,10,17-20H2,(H,29,31)(H,30,34)(H,32,33)/t24-,25+/m0/s1. The Bertz CT molecular complexity index is 1070. The number of aryl methyl sites for hydroxylation is 1. The van der Waals surface area contributed by atoms with Crippen LogP contribution in [0.15, 0.2) is 91.0 Å². The minimum absolute atomic E-state index is 0.0591. The van der Waals surface area contributed by atoms with Gasteiger partial charge in [0.2, 0.25) is 5.91 Å². The van der Waals surface area contributed by atoms with Crippen LogP contribution in [0.1, 0.15) is 29.5 Å². The number of rotatable bonds is 12. The zero-order valence-corrected chi connectivity index (χ0v) is 19.4. The van der Waals surface area contributed by atoms with Gasteiger partial charge in [0.1, 0.15) is 18.7 Å². The van der Waals surface area contributed by atoms with E-state index in [0.29, 0.717) is 12.8 Å². The van der Waals surface area contributed by atoms with Crippen LogP contribution in [-0.2, 0) is 33.8 Å². The van der Waals surface area contributed by atoms with Gasteiger partial charge in [0, 0.05) is 6.42 Å². The number of carbonyl (C=O) groups is 3. The number of aliphatic carboxylic acids is 1. The number of carboxylic acid groups (broad SMARTS) is 1. The molecule has 0 fully saturated rings. The Morgan fingerprint density at radius 1 is 0.714 bits per heavy atom. The molecule has 0 heterocycles. The van der Waals surface area contributed by atoms with Gasteiger partial charge in [-0.15, -0.1) is 0 Å². The summed E-state index contributed by atoms with van der Waals surface area (Å²) < 4.78 is 5.27. The Morgan fingerprint density at radius 2 is 1.26 bits per heavy atom. The number of hydrogen-bond donors (Lipinski definition) is 3. The van der Waals surface area contributed by atoms with E-state index in [9.17, 15) is 19.5 Å². The van der Waals surface area contributed by atoms with Crippen molar-refractivity contribution >= 4 is 18.0 Å². The van der Waals surface area contributed by atoms with Crippen LogP contribution >= 0.6 is 0 Å². The molecule has 7 nitrogen and oxygen atoms in total. The lowest BCUT2D eigenvalue weighted by molar-refractivity contribution is -0.142. The van der Waals surface area contributed by atoms with Crippen LogP contribution in [0.4, 0.5) is 4.79 Å². The van der Waals surface area contributed by atoms with Crippen molar-refractivity contribution in [2.45, 2.75) is 44.4 Å². The summed E-state index contributed by atoms with van der Waals surface area (Å²) in [7, 11) is 0. The molecule has 7 heteroatoms.